The molecule has 0 saturated carbocycles. The van der Waals surface area contributed by atoms with Gasteiger partial charge in [-0.15, -0.1) is 11.3 Å². The second kappa shape index (κ2) is 6.15. The van der Waals surface area contributed by atoms with E-state index in [1.54, 1.807) is 5.38 Å². The summed E-state index contributed by atoms with van der Waals surface area (Å²) in [6, 6.07) is 7.38. The third kappa shape index (κ3) is 3.43. The van der Waals surface area contributed by atoms with Gasteiger partial charge in [-0.1, -0.05) is 22.0 Å². The Kier molecular flexibility index (Phi) is 4.51. The van der Waals surface area contributed by atoms with E-state index in [2.05, 4.69) is 20.9 Å². The van der Waals surface area contributed by atoms with Gasteiger partial charge in [0.25, 0.3) is 0 Å². The fourth-order valence-electron chi connectivity index (χ4n) is 1.54. The van der Waals surface area contributed by atoms with Crippen LogP contribution in [-0.2, 0) is 4.79 Å². The van der Waals surface area contributed by atoms with Crippen molar-refractivity contribution in [2.75, 3.05) is 0 Å². The summed E-state index contributed by atoms with van der Waals surface area (Å²) in [5.74, 6) is -0.563. The number of hydrogen-bond acceptors (Lipinski definition) is 5. The molecule has 20 heavy (non-hydrogen) atoms. The topological polar surface area (TPSA) is 60.7 Å². The minimum absolute atomic E-state index is 0.184. The molecule has 2 rings (SSSR count). The molecule has 0 bridgehead atoms. The summed E-state index contributed by atoms with van der Waals surface area (Å²) >= 11 is 4.59. The summed E-state index contributed by atoms with van der Waals surface area (Å²) < 4.78 is 7.16. The molecule has 5 nitrogen and oxygen atoms in total. The molecule has 0 aliphatic carbocycles. The number of benzene rings is 1. The first-order chi connectivity index (χ1) is 9.47. The van der Waals surface area contributed by atoms with Crippen LogP contribution in [0.1, 0.15) is 18.6 Å². The van der Waals surface area contributed by atoms with Crippen molar-refractivity contribution in [3.05, 3.63) is 38.9 Å². The molecule has 0 aliphatic rings. The molecule has 7 heteroatoms. The minimum Gasteiger partial charge on any atom is -0.408 e. The fraction of sp³-hybridized carbons (Fsp3) is 0.154. The maximum atomic E-state index is 11.7. The van der Waals surface area contributed by atoms with Crippen LogP contribution in [0.3, 0.4) is 0 Å². The van der Waals surface area contributed by atoms with Gasteiger partial charge in [-0.3, -0.25) is 9.59 Å². The number of carbonyl (C=O) groups excluding carboxylic acids is 2. The summed E-state index contributed by atoms with van der Waals surface area (Å²) in [6.45, 7) is 2.67. The zero-order valence-electron chi connectivity index (χ0n) is 10.8. The minimum atomic E-state index is -0.480. The molecule has 0 radical (unpaired) electrons. The third-order valence-electron chi connectivity index (χ3n) is 2.27. The quantitative estimate of drug-likeness (QED) is 0.778. The van der Waals surface area contributed by atoms with E-state index in [4.69, 9.17) is 4.74 Å². The highest BCUT2D eigenvalue weighted by molar-refractivity contribution is 9.10. The van der Waals surface area contributed by atoms with Gasteiger partial charge < -0.3 is 4.74 Å². The lowest BCUT2D eigenvalue weighted by atomic mass is 10.3. The van der Waals surface area contributed by atoms with Gasteiger partial charge in [0.05, 0.1) is 11.1 Å². The van der Waals surface area contributed by atoms with E-state index in [9.17, 15) is 9.59 Å². The zero-order valence-corrected chi connectivity index (χ0v) is 13.2. The van der Waals surface area contributed by atoms with Crippen molar-refractivity contribution in [2.45, 2.75) is 13.8 Å². The van der Waals surface area contributed by atoms with Crippen molar-refractivity contribution in [1.82, 2.24) is 4.57 Å². The van der Waals surface area contributed by atoms with Gasteiger partial charge >= 0.3 is 5.97 Å². The van der Waals surface area contributed by atoms with Gasteiger partial charge in [0.2, 0.25) is 11.8 Å². The monoisotopic (exact) mass is 354 g/mol. The van der Waals surface area contributed by atoms with E-state index >= 15 is 0 Å². The molecule has 0 amide bonds. The van der Waals surface area contributed by atoms with Crippen LogP contribution < -0.4 is 9.54 Å². The fourth-order valence-corrected chi connectivity index (χ4v) is 2.77. The number of rotatable bonds is 2. The van der Waals surface area contributed by atoms with E-state index in [-0.39, 0.29) is 11.8 Å². The van der Waals surface area contributed by atoms with Crippen molar-refractivity contribution in [1.29, 1.82) is 0 Å². The number of esters is 1. The van der Waals surface area contributed by atoms with Crippen LogP contribution in [0.2, 0.25) is 0 Å². The average Bonchev–Trinajstić information content (AvgIpc) is 2.71. The molecule has 0 unspecified atom stereocenters. The Morgan fingerprint density at radius 1 is 1.35 bits per heavy atom. The Bertz CT molecular complexity index is 733. The summed E-state index contributed by atoms with van der Waals surface area (Å²) in [6.07, 6.45) is 0. The molecule has 0 spiro atoms. The number of halogens is 1. The lowest BCUT2D eigenvalue weighted by molar-refractivity contribution is -0.132. The number of aromatic nitrogens is 1. The largest absolute Gasteiger partial charge is 0.408 e. The van der Waals surface area contributed by atoms with E-state index in [1.807, 2.05) is 24.3 Å². The molecule has 1 heterocycles. The molecule has 0 fully saturated rings. The van der Waals surface area contributed by atoms with Crippen LogP contribution >= 0.6 is 27.3 Å². The highest BCUT2D eigenvalue weighted by Gasteiger charge is 2.12. The van der Waals surface area contributed by atoms with Gasteiger partial charge in [-0.25, -0.2) is 9.56 Å². The van der Waals surface area contributed by atoms with Gasteiger partial charge in [0, 0.05) is 18.3 Å². The van der Waals surface area contributed by atoms with Crippen LogP contribution in [0.5, 0.6) is 5.88 Å². The second-order valence-electron chi connectivity index (χ2n) is 3.90. The SMILES string of the molecule is CC(=O)Oc1csc(=Nc2cccc(Br)c2)n1C(C)=O. The van der Waals surface area contributed by atoms with Crippen molar-refractivity contribution in [2.24, 2.45) is 4.99 Å². The molecular formula is C13H11BrN2O3S. The maximum absolute atomic E-state index is 11.7. The molecule has 0 N–H and O–H groups in total. The molecule has 0 saturated heterocycles. The van der Waals surface area contributed by atoms with Crippen molar-refractivity contribution >= 4 is 44.8 Å². The average molecular weight is 355 g/mol. The predicted molar refractivity (Wildman–Crippen MR) is 79.3 cm³/mol. The number of nitrogens with zero attached hydrogens (tertiary/aromatic N) is 2. The molecule has 1 aromatic carbocycles. The van der Waals surface area contributed by atoms with Crippen LogP contribution in [-0.4, -0.2) is 16.4 Å². The van der Waals surface area contributed by atoms with Crippen LogP contribution in [0.25, 0.3) is 0 Å². The normalized spacial score (nSPS) is 11.4. The number of thiazole rings is 1. The molecule has 2 aromatic rings. The Hall–Kier alpha value is -1.73. The molecule has 0 atom stereocenters. The van der Waals surface area contributed by atoms with Crippen LogP contribution in [0.4, 0.5) is 5.69 Å². The Morgan fingerprint density at radius 2 is 2.10 bits per heavy atom. The first-order valence-electron chi connectivity index (χ1n) is 5.67. The Labute approximate surface area is 127 Å². The summed E-state index contributed by atoms with van der Waals surface area (Å²) in [4.78, 5) is 27.6. The smallest absolute Gasteiger partial charge is 0.309 e. The summed E-state index contributed by atoms with van der Waals surface area (Å²) in [5, 5.41) is 1.58. The second-order valence-corrected chi connectivity index (χ2v) is 5.65. The molecule has 104 valence electrons. The number of hydrogen-bond donors (Lipinski definition) is 0. The van der Waals surface area contributed by atoms with Gasteiger partial charge in [-0.2, -0.15) is 0 Å². The van der Waals surface area contributed by atoms with Gasteiger partial charge in [0.1, 0.15) is 0 Å². The van der Waals surface area contributed by atoms with Crippen LogP contribution in [0.15, 0.2) is 39.1 Å². The first-order valence-corrected chi connectivity index (χ1v) is 7.35. The molecular weight excluding hydrogens is 344 g/mol. The van der Waals surface area contributed by atoms with Crippen molar-refractivity contribution < 1.29 is 14.3 Å². The zero-order chi connectivity index (χ0) is 14.7. The van der Waals surface area contributed by atoms with E-state index < -0.39 is 5.97 Å². The van der Waals surface area contributed by atoms with Gasteiger partial charge in [-0.05, 0) is 18.2 Å². The van der Waals surface area contributed by atoms with Crippen LogP contribution in [0, 0.1) is 0 Å². The number of ether oxygens (including phenoxy) is 1. The Morgan fingerprint density at radius 3 is 2.70 bits per heavy atom. The third-order valence-corrected chi connectivity index (χ3v) is 3.57. The van der Waals surface area contributed by atoms with Crippen molar-refractivity contribution in [3.8, 4) is 5.88 Å². The maximum Gasteiger partial charge on any atom is 0.309 e. The predicted octanol–water partition coefficient (Wildman–Crippen LogP) is 3.13. The highest BCUT2D eigenvalue weighted by Crippen LogP contribution is 2.19. The summed E-state index contributed by atoms with van der Waals surface area (Å²) in [7, 11) is 0. The lowest BCUT2D eigenvalue weighted by Crippen LogP contribution is -2.22. The Balaban J connectivity index is 2.54. The standard InChI is InChI=1S/C13H11BrN2O3S/c1-8(17)16-12(19-9(2)18)7-20-13(16)15-11-5-3-4-10(14)6-11/h3-7H,1-2H3. The van der Waals surface area contributed by atoms with Gasteiger partial charge in [0.15, 0.2) is 4.80 Å². The first kappa shape index (κ1) is 14.7. The number of carbonyl (C=O) groups is 2. The van der Waals surface area contributed by atoms with Crippen molar-refractivity contribution in [3.63, 3.8) is 0 Å². The molecule has 0 aliphatic heterocycles. The van der Waals surface area contributed by atoms with E-state index in [0.717, 1.165) is 4.47 Å². The highest BCUT2D eigenvalue weighted by atomic mass is 79.9. The molecule has 1 aromatic heterocycles. The van der Waals surface area contributed by atoms with E-state index in [1.165, 1.54) is 29.8 Å². The lowest BCUT2D eigenvalue weighted by Gasteiger charge is -2.03. The summed E-state index contributed by atoms with van der Waals surface area (Å²) in [5.41, 5.74) is 0.700. The van der Waals surface area contributed by atoms with E-state index in [0.29, 0.717) is 10.5 Å².